The van der Waals surface area contributed by atoms with Crippen molar-refractivity contribution in [2.45, 2.75) is 61.8 Å². The summed E-state index contributed by atoms with van der Waals surface area (Å²) >= 11 is 0. The SMILES string of the molecule is C=C(C)/C=C\C=C(/C)c1ccccc1.CC.CC.CCC(C)=CNc1ccc(N2CCOCC2)cc1. The van der Waals surface area contributed by atoms with Gasteiger partial charge in [0.2, 0.25) is 0 Å². The second-order valence-corrected chi connectivity index (χ2v) is 8.06. The van der Waals surface area contributed by atoms with Gasteiger partial charge in [-0.25, -0.2) is 0 Å². The Kier molecular flexibility index (Phi) is 19.5. The van der Waals surface area contributed by atoms with Crippen LogP contribution in [0, 0.1) is 0 Å². The second-order valence-electron chi connectivity index (χ2n) is 8.06. The molecule has 0 atom stereocenters. The van der Waals surface area contributed by atoms with Gasteiger partial charge in [-0.2, -0.15) is 0 Å². The van der Waals surface area contributed by atoms with Crippen molar-refractivity contribution in [1.29, 1.82) is 0 Å². The summed E-state index contributed by atoms with van der Waals surface area (Å²) in [4.78, 5) is 2.36. The Balaban J connectivity index is 0.000000613. The molecule has 0 aromatic heterocycles. The minimum Gasteiger partial charge on any atom is -0.378 e. The zero-order chi connectivity index (χ0) is 27.2. The summed E-state index contributed by atoms with van der Waals surface area (Å²) in [7, 11) is 0. The molecule has 0 aliphatic carbocycles. The van der Waals surface area contributed by atoms with Crippen LogP contribution in [0.25, 0.3) is 5.57 Å². The molecule has 0 saturated carbocycles. The Morgan fingerprint density at radius 1 is 0.917 bits per heavy atom. The Bertz CT molecular complexity index is 902. The summed E-state index contributed by atoms with van der Waals surface area (Å²) in [6, 6.07) is 19.0. The summed E-state index contributed by atoms with van der Waals surface area (Å²) in [5.74, 6) is 0. The third-order valence-corrected chi connectivity index (χ3v) is 5.24. The lowest BCUT2D eigenvalue weighted by Crippen LogP contribution is -2.36. The molecule has 2 aromatic rings. The van der Waals surface area contributed by atoms with Crippen LogP contribution in [0.4, 0.5) is 11.4 Å². The maximum atomic E-state index is 5.36. The zero-order valence-electron chi connectivity index (χ0n) is 24.1. The van der Waals surface area contributed by atoms with Crippen LogP contribution in [0.15, 0.2) is 96.8 Å². The summed E-state index contributed by atoms with van der Waals surface area (Å²) in [6.07, 6.45) is 9.30. The molecule has 1 heterocycles. The molecule has 0 unspecified atom stereocenters. The summed E-state index contributed by atoms with van der Waals surface area (Å²) in [6.45, 7) is 23.8. The molecule has 1 saturated heterocycles. The molecule has 2 aromatic carbocycles. The molecule has 0 spiro atoms. The molecule has 1 fully saturated rings. The monoisotopic (exact) mass is 490 g/mol. The molecule has 1 aliphatic heterocycles. The lowest BCUT2D eigenvalue weighted by atomic mass is 10.1. The van der Waals surface area contributed by atoms with E-state index in [0.717, 1.165) is 44.0 Å². The minimum absolute atomic E-state index is 0.832. The largest absolute Gasteiger partial charge is 0.378 e. The van der Waals surface area contributed by atoms with Crippen molar-refractivity contribution in [1.82, 2.24) is 0 Å². The Morgan fingerprint density at radius 3 is 2.03 bits per heavy atom. The van der Waals surface area contributed by atoms with Gasteiger partial charge >= 0.3 is 0 Å². The van der Waals surface area contributed by atoms with Crippen LogP contribution in [0.3, 0.4) is 0 Å². The number of rotatable bonds is 7. The van der Waals surface area contributed by atoms with Crippen molar-refractivity contribution in [3.63, 3.8) is 0 Å². The van der Waals surface area contributed by atoms with Crippen LogP contribution in [-0.2, 0) is 4.74 Å². The number of ether oxygens (including phenoxy) is 1. The van der Waals surface area contributed by atoms with E-state index < -0.39 is 0 Å². The van der Waals surface area contributed by atoms with Gasteiger partial charge in [-0.15, -0.1) is 0 Å². The predicted molar refractivity (Wildman–Crippen MR) is 164 cm³/mol. The first kappa shape index (κ1) is 33.0. The first-order valence-corrected chi connectivity index (χ1v) is 13.4. The first-order valence-electron chi connectivity index (χ1n) is 13.4. The average molecular weight is 491 g/mol. The van der Waals surface area contributed by atoms with Gasteiger partial charge in [0.1, 0.15) is 0 Å². The molecular weight excluding hydrogens is 440 g/mol. The Morgan fingerprint density at radius 2 is 1.50 bits per heavy atom. The molecule has 0 radical (unpaired) electrons. The number of anilines is 2. The lowest BCUT2D eigenvalue weighted by molar-refractivity contribution is 0.122. The van der Waals surface area contributed by atoms with E-state index in [0.29, 0.717) is 0 Å². The van der Waals surface area contributed by atoms with Gasteiger partial charge < -0.3 is 15.0 Å². The average Bonchev–Trinajstić information content (AvgIpc) is 2.95. The topological polar surface area (TPSA) is 24.5 Å². The van der Waals surface area contributed by atoms with E-state index in [1.54, 1.807) is 0 Å². The van der Waals surface area contributed by atoms with Crippen molar-refractivity contribution >= 4 is 16.9 Å². The second kappa shape index (κ2) is 21.3. The van der Waals surface area contributed by atoms with Crippen LogP contribution >= 0.6 is 0 Å². The Labute approximate surface area is 222 Å². The summed E-state index contributed by atoms with van der Waals surface area (Å²) in [5, 5.41) is 3.32. The van der Waals surface area contributed by atoms with Gasteiger partial charge in [-0.3, -0.25) is 0 Å². The van der Waals surface area contributed by atoms with Gasteiger partial charge in [-0.05, 0) is 68.8 Å². The number of benzene rings is 2. The fraction of sp³-hybridized carbons (Fsp3) is 0.394. The van der Waals surface area contributed by atoms with E-state index in [-0.39, 0.29) is 0 Å². The maximum absolute atomic E-state index is 5.36. The molecule has 3 rings (SSSR count). The summed E-state index contributed by atoms with van der Waals surface area (Å²) in [5.41, 5.74) is 7.37. The number of hydrogen-bond acceptors (Lipinski definition) is 3. The third-order valence-electron chi connectivity index (χ3n) is 5.24. The quantitative estimate of drug-likeness (QED) is 0.391. The fourth-order valence-corrected chi connectivity index (χ4v) is 3.05. The smallest absolute Gasteiger partial charge is 0.0642 e. The molecule has 1 aliphatic rings. The lowest BCUT2D eigenvalue weighted by Gasteiger charge is -2.28. The van der Waals surface area contributed by atoms with Crippen molar-refractivity contribution in [3.8, 4) is 0 Å². The molecule has 3 nitrogen and oxygen atoms in total. The molecule has 0 amide bonds. The van der Waals surface area contributed by atoms with E-state index >= 15 is 0 Å². The number of morpholine rings is 1. The number of hydrogen-bond donors (Lipinski definition) is 1. The highest BCUT2D eigenvalue weighted by Gasteiger charge is 2.10. The van der Waals surface area contributed by atoms with E-state index in [1.807, 2.05) is 52.8 Å². The van der Waals surface area contributed by atoms with Crippen molar-refractivity contribution in [3.05, 3.63) is 102 Å². The molecule has 36 heavy (non-hydrogen) atoms. The third kappa shape index (κ3) is 14.4. The highest BCUT2D eigenvalue weighted by atomic mass is 16.5. The summed E-state index contributed by atoms with van der Waals surface area (Å²) < 4.78 is 5.36. The van der Waals surface area contributed by atoms with E-state index in [9.17, 15) is 0 Å². The van der Waals surface area contributed by atoms with E-state index in [2.05, 4.69) is 98.4 Å². The number of nitrogens with one attached hydrogen (secondary N) is 1. The van der Waals surface area contributed by atoms with Crippen LogP contribution in [-0.4, -0.2) is 26.3 Å². The van der Waals surface area contributed by atoms with Crippen LogP contribution in [0.5, 0.6) is 0 Å². The highest BCUT2D eigenvalue weighted by Crippen LogP contribution is 2.19. The molecule has 1 N–H and O–H groups in total. The van der Waals surface area contributed by atoms with Gasteiger partial charge in [0.05, 0.1) is 13.2 Å². The van der Waals surface area contributed by atoms with Gasteiger partial charge in [0, 0.05) is 24.5 Å². The van der Waals surface area contributed by atoms with Crippen molar-refractivity contribution in [2.24, 2.45) is 0 Å². The van der Waals surface area contributed by atoms with Gasteiger partial charge in [0.15, 0.2) is 0 Å². The predicted octanol–water partition coefficient (Wildman–Crippen LogP) is 9.52. The van der Waals surface area contributed by atoms with E-state index in [4.69, 9.17) is 4.74 Å². The normalized spacial score (nSPS) is 13.4. The van der Waals surface area contributed by atoms with Crippen molar-refractivity contribution < 1.29 is 4.74 Å². The number of nitrogens with zero attached hydrogens (tertiary/aromatic N) is 1. The van der Waals surface area contributed by atoms with Crippen LogP contribution < -0.4 is 10.2 Å². The first-order chi connectivity index (χ1) is 17.5. The zero-order valence-corrected chi connectivity index (χ0v) is 24.1. The molecule has 0 bridgehead atoms. The molecule has 3 heteroatoms. The molecule has 198 valence electrons. The van der Waals surface area contributed by atoms with Gasteiger partial charge in [0.25, 0.3) is 0 Å². The van der Waals surface area contributed by atoms with Crippen molar-refractivity contribution in [2.75, 3.05) is 36.5 Å². The Hall–Kier alpha value is -3.04. The van der Waals surface area contributed by atoms with Crippen LogP contribution in [0.2, 0.25) is 0 Å². The fourth-order valence-electron chi connectivity index (χ4n) is 3.05. The van der Waals surface area contributed by atoms with Crippen LogP contribution in [0.1, 0.15) is 67.4 Å². The maximum Gasteiger partial charge on any atom is 0.0642 e. The highest BCUT2D eigenvalue weighted by molar-refractivity contribution is 5.65. The van der Waals surface area contributed by atoms with E-state index in [1.165, 1.54) is 22.4 Å². The van der Waals surface area contributed by atoms with Gasteiger partial charge in [-0.1, -0.05) is 101 Å². The number of allylic oxidation sites excluding steroid dienone is 6. The molecular formula is C33H50N2O. The minimum atomic E-state index is 0.832. The standard InChI is InChI=1S/C15H22N2O.C14H16.2C2H6/c1-3-13(2)12-16-14-4-6-15(7-5-14)17-8-10-18-11-9-17;1-12(2)8-7-9-13(3)14-10-5-4-6-11-14;2*1-2/h4-7,12,16H,3,8-11H2,1-2H3;4-11H,1H2,2-3H3;2*1-2H3/b;8-7-,13-9+;;.